The summed E-state index contributed by atoms with van der Waals surface area (Å²) in [5.41, 5.74) is 3.33. The summed E-state index contributed by atoms with van der Waals surface area (Å²) < 4.78 is 0. The van der Waals surface area contributed by atoms with Crippen molar-refractivity contribution >= 4 is 0 Å². The highest BCUT2D eigenvalue weighted by atomic mass is 16.3. The van der Waals surface area contributed by atoms with Gasteiger partial charge in [-0.15, -0.1) is 0 Å². The number of rotatable bonds is 8. The molecule has 0 aliphatic carbocycles. The molecule has 0 aromatic heterocycles. The van der Waals surface area contributed by atoms with Crippen LogP contribution in [0.5, 0.6) is 0 Å². The van der Waals surface area contributed by atoms with Gasteiger partial charge in [-0.25, -0.2) is 0 Å². The van der Waals surface area contributed by atoms with Crippen molar-refractivity contribution in [1.29, 1.82) is 0 Å². The van der Waals surface area contributed by atoms with Crippen LogP contribution in [0.25, 0.3) is 0 Å². The van der Waals surface area contributed by atoms with E-state index in [1.165, 1.54) is 5.57 Å². The molecular formula is C20H32O2. The van der Waals surface area contributed by atoms with Gasteiger partial charge in [-0.1, -0.05) is 72.4 Å². The lowest BCUT2D eigenvalue weighted by molar-refractivity contribution is 0.226. The van der Waals surface area contributed by atoms with E-state index in [-0.39, 0.29) is 12.7 Å². The van der Waals surface area contributed by atoms with Crippen LogP contribution in [0.1, 0.15) is 40.5 Å². The van der Waals surface area contributed by atoms with E-state index in [1.807, 2.05) is 58.1 Å². The van der Waals surface area contributed by atoms with Crippen LogP contribution >= 0.6 is 0 Å². The summed E-state index contributed by atoms with van der Waals surface area (Å²) >= 11 is 0. The molecule has 0 aromatic rings. The van der Waals surface area contributed by atoms with Crippen LogP contribution in [-0.4, -0.2) is 22.9 Å². The topological polar surface area (TPSA) is 40.5 Å². The average Bonchev–Trinajstić information content (AvgIpc) is 2.47. The van der Waals surface area contributed by atoms with E-state index in [2.05, 4.69) is 19.2 Å². The normalized spacial score (nSPS) is 13.2. The molecule has 0 amide bonds. The van der Waals surface area contributed by atoms with E-state index in [4.69, 9.17) is 5.11 Å². The molecule has 2 nitrogen and oxygen atoms in total. The molecule has 0 saturated carbocycles. The smallest absolute Gasteiger partial charge is 0.0757 e. The van der Waals surface area contributed by atoms with Crippen molar-refractivity contribution in [2.75, 3.05) is 6.61 Å². The van der Waals surface area contributed by atoms with Crippen LogP contribution in [0.15, 0.2) is 72.4 Å². The highest BCUT2D eigenvalue weighted by Gasteiger charge is 1.94. The monoisotopic (exact) mass is 304 g/mol. The van der Waals surface area contributed by atoms with Crippen molar-refractivity contribution < 1.29 is 10.2 Å². The molecule has 1 unspecified atom stereocenters. The lowest BCUT2D eigenvalue weighted by Crippen LogP contribution is -1.99. The minimum Gasteiger partial charge on any atom is -0.392 e. The van der Waals surface area contributed by atoms with Gasteiger partial charge in [-0.05, 0) is 40.5 Å². The maximum atomic E-state index is 9.28. The molecule has 1 atom stereocenters. The third-order valence-corrected chi connectivity index (χ3v) is 2.65. The highest BCUT2D eigenvalue weighted by molar-refractivity contribution is 5.15. The quantitative estimate of drug-likeness (QED) is 0.495. The third kappa shape index (κ3) is 18.4. The second kappa shape index (κ2) is 15.7. The lowest BCUT2D eigenvalue weighted by atomic mass is 10.2. The number of hydrogen-bond donors (Lipinski definition) is 2. The molecule has 0 rings (SSSR count). The number of allylic oxidation sites excluding steroid dienone is 7. The van der Waals surface area contributed by atoms with Gasteiger partial charge < -0.3 is 10.2 Å². The standard InChI is InChI=1S/2C10H16O/c1-4-9(2)6-5-7-10(3)8-11;1-4-5-6-7-10(11)8-9(2)3/h4,6-7,11H,1,5,8H2,2-3H3;4-6,8,10-11H,1,7H2,2-3H3/b9-6+,10-7+;6-5+. The Balaban J connectivity index is 0. The van der Waals surface area contributed by atoms with E-state index in [0.29, 0.717) is 6.42 Å². The van der Waals surface area contributed by atoms with E-state index < -0.39 is 0 Å². The van der Waals surface area contributed by atoms with Crippen LogP contribution in [0.4, 0.5) is 0 Å². The van der Waals surface area contributed by atoms with Crippen LogP contribution in [-0.2, 0) is 0 Å². The zero-order chi connectivity index (χ0) is 17.4. The first kappa shape index (κ1) is 22.6. The van der Waals surface area contributed by atoms with Crippen molar-refractivity contribution in [2.24, 2.45) is 0 Å². The molecule has 2 heteroatoms. The van der Waals surface area contributed by atoms with Gasteiger partial charge in [0.2, 0.25) is 0 Å². The Hall–Kier alpha value is -1.64. The fraction of sp³-hybridized carbons (Fsp3) is 0.400. The molecule has 124 valence electrons. The van der Waals surface area contributed by atoms with Crippen molar-refractivity contribution in [3.8, 4) is 0 Å². The second-order valence-corrected chi connectivity index (χ2v) is 5.31. The van der Waals surface area contributed by atoms with Crippen molar-refractivity contribution in [2.45, 2.75) is 46.6 Å². The predicted molar refractivity (Wildman–Crippen MR) is 98.8 cm³/mol. The summed E-state index contributed by atoms with van der Waals surface area (Å²) in [6.07, 6.45) is 14.4. The largest absolute Gasteiger partial charge is 0.392 e. The molecule has 0 bridgehead atoms. The van der Waals surface area contributed by atoms with Crippen molar-refractivity contribution in [3.05, 3.63) is 72.4 Å². The minimum atomic E-state index is -0.351. The van der Waals surface area contributed by atoms with Gasteiger partial charge in [0.05, 0.1) is 12.7 Å². The van der Waals surface area contributed by atoms with Gasteiger partial charge in [0.25, 0.3) is 0 Å². The fourth-order valence-corrected chi connectivity index (χ4v) is 1.36. The van der Waals surface area contributed by atoms with E-state index in [9.17, 15) is 5.11 Å². The third-order valence-electron chi connectivity index (χ3n) is 2.65. The maximum Gasteiger partial charge on any atom is 0.0757 e. The molecule has 2 N–H and O–H groups in total. The molecule has 0 heterocycles. The van der Waals surface area contributed by atoms with Gasteiger partial charge in [0, 0.05) is 0 Å². The molecule has 22 heavy (non-hydrogen) atoms. The Morgan fingerprint density at radius 2 is 1.73 bits per heavy atom. The van der Waals surface area contributed by atoms with E-state index >= 15 is 0 Å². The van der Waals surface area contributed by atoms with Crippen molar-refractivity contribution in [1.82, 2.24) is 0 Å². The van der Waals surface area contributed by atoms with Crippen LogP contribution in [0.3, 0.4) is 0 Å². The molecule has 0 aromatic carbocycles. The van der Waals surface area contributed by atoms with Gasteiger partial charge in [0.1, 0.15) is 0 Å². The first-order valence-electron chi connectivity index (χ1n) is 7.53. The highest BCUT2D eigenvalue weighted by Crippen LogP contribution is 2.00. The minimum absolute atomic E-state index is 0.154. The number of aliphatic hydroxyl groups is 2. The van der Waals surface area contributed by atoms with Gasteiger partial charge in [0.15, 0.2) is 0 Å². The van der Waals surface area contributed by atoms with Crippen LogP contribution in [0.2, 0.25) is 0 Å². The van der Waals surface area contributed by atoms with Crippen LogP contribution < -0.4 is 0 Å². The van der Waals surface area contributed by atoms with Gasteiger partial charge in [-0.3, -0.25) is 0 Å². The summed E-state index contributed by atoms with van der Waals surface area (Å²) in [4.78, 5) is 0. The Labute approximate surface area is 136 Å². The summed E-state index contributed by atoms with van der Waals surface area (Å²) in [6, 6.07) is 0. The first-order chi connectivity index (χ1) is 10.4. The zero-order valence-corrected chi connectivity index (χ0v) is 14.5. The van der Waals surface area contributed by atoms with Gasteiger partial charge >= 0.3 is 0 Å². The molecule has 0 aliphatic heterocycles. The Morgan fingerprint density at radius 1 is 1.09 bits per heavy atom. The Bertz CT molecular complexity index is 419. The molecule has 0 fully saturated rings. The first-order valence-corrected chi connectivity index (χ1v) is 7.53. The van der Waals surface area contributed by atoms with Gasteiger partial charge in [-0.2, -0.15) is 0 Å². The average molecular weight is 304 g/mol. The SMILES string of the molecule is C=C/C(C)=C/C/C=C(\C)CO.C=C/C=C/CC(O)C=C(C)C. The summed E-state index contributed by atoms with van der Waals surface area (Å²) in [5, 5.41) is 17.9. The summed E-state index contributed by atoms with van der Waals surface area (Å²) in [6.45, 7) is 15.2. The molecule has 0 spiro atoms. The molecular weight excluding hydrogens is 272 g/mol. The molecule has 0 radical (unpaired) electrons. The van der Waals surface area contributed by atoms with E-state index in [1.54, 1.807) is 6.08 Å². The number of aliphatic hydroxyl groups excluding tert-OH is 2. The number of hydrogen-bond acceptors (Lipinski definition) is 2. The zero-order valence-electron chi connectivity index (χ0n) is 14.5. The Morgan fingerprint density at radius 3 is 2.18 bits per heavy atom. The fourth-order valence-electron chi connectivity index (χ4n) is 1.36. The van der Waals surface area contributed by atoms with E-state index in [0.717, 1.165) is 17.6 Å². The molecule has 0 saturated heterocycles. The maximum absolute atomic E-state index is 9.28. The molecule has 0 aliphatic rings. The van der Waals surface area contributed by atoms with Crippen LogP contribution in [0, 0.1) is 0 Å². The lowest BCUT2D eigenvalue weighted by Gasteiger charge is -2.00. The predicted octanol–water partition coefficient (Wildman–Crippen LogP) is 4.89. The second-order valence-electron chi connectivity index (χ2n) is 5.31. The van der Waals surface area contributed by atoms with Crippen molar-refractivity contribution in [3.63, 3.8) is 0 Å². The summed E-state index contributed by atoms with van der Waals surface area (Å²) in [7, 11) is 0. The Kier molecular flexibility index (Phi) is 16.2. The summed E-state index contributed by atoms with van der Waals surface area (Å²) in [5.74, 6) is 0.